The molecule has 0 fully saturated rings. The smallest absolute Gasteiger partial charge is 0.207 e. The van der Waals surface area contributed by atoms with Gasteiger partial charge in [-0.05, 0) is 17.7 Å². The molecule has 0 amide bonds. The molecule has 3 nitrogen and oxygen atoms in total. The van der Waals surface area contributed by atoms with Crippen LogP contribution in [0.5, 0.6) is 0 Å². The number of para-hydroxylation sites is 1. The molecule has 0 atom stereocenters. The lowest BCUT2D eigenvalue weighted by Gasteiger charge is -2.00. The largest absolute Gasteiger partial charge is 0.330 e. The van der Waals surface area contributed by atoms with Crippen LogP contribution in [0.4, 0.5) is 10.8 Å². The highest BCUT2D eigenvalue weighted by Gasteiger charge is 2.05. The van der Waals surface area contributed by atoms with Gasteiger partial charge in [0.25, 0.3) is 0 Å². The van der Waals surface area contributed by atoms with Crippen molar-refractivity contribution in [1.82, 2.24) is 9.36 Å². The van der Waals surface area contributed by atoms with Crippen molar-refractivity contribution in [3.8, 4) is 0 Å². The third kappa shape index (κ3) is 3.59. The molecule has 2 aromatic carbocycles. The van der Waals surface area contributed by atoms with E-state index >= 15 is 0 Å². The number of thioether (sulfide) groups is 1. The average molecular weight is 299 g/mol. The molecule has 0 aliphatic heterocycles. The molecule has 0 saturated heterocycles. The van der Waals surface area contributed by atoms with E-state index < -0.39 is 0 Å². The molecule has 20 heavy (non-hydrogen) atoms. The van der Waals surface area contributed by atoms with Gasteiger partial charge in [0.05, 0.1) is 0 Å². The van der Waals surface area contributed by atoms with E-state index in [1.54, 1.807) is 11.8 Å². The molecule has 1 heterocycles. The van der Waals surface area contributed by atoms with Gasteiger partial charge in [0.15, 0.2) is 0 Å². The summed E-state index contributed by atoms with van der Waals surface area (Å²) in [5.74, 6) is 0.891. The SMILES string of the molecule is c1ccc(CSc2nsc(Nc3ccccc3)n2)cc1. The lowest BCUT2D eigenvalue weighted by atomic mass is 10.2. The minimum atomic E-state index is 0.817. The van der Waals surface area contributed by atoms with Crippen LogP contribution in [0.25, 0.3) is 0 Å². The molecule has 0 unspecified atom stereocenters. The molecule has 0 aliphatic rings. The van der Waals surface area contributed by atoms with Crippen molar-refractivity contribution in [2.45, 2.75) is 10.9 Å². The van der Waals surface area contributed by atoms with Crippen LogP contribution in [-0.4, -0.2) is 9.36 Å². The van der Waals surface area contributed by atoms with Crippen LogP contribution in [-0.2, 0) is 5.75 Å². The molecular weight excluding hydrogens is 286 g/mol. The Labute approximate surface area is 126 Å². The Morgan fingerprint density at radius 1 is 0.950 bits per heavy atom. The summed E-state index contributed by atoms with van der Waals surface area (Å²) >= 11 is 3.04. The Balaban J connectivity index is 1.60. The predicted molar refractivity (Wildman–Crippen MR) is 85.6 cm³/mol. The second-order valence-corrected chi connectivity index (χ2v) is 5.84. The highest BCUT2D eigenvalue weighted by molar-refractivity contribution is 7.98. The zero-order valence-corrected chi connectivity index (χ0v) is 12.3. The summed E-state index contributed by atoms with van der Waals surface area (Å²) in [6.45, 7) is 0. The van der Waals surface area contributed by atoms with Crippen LogP contribution in [0.3, 0.4) is 0 Å². The Kier molecular flexibility index (Phi) is 4.30. The number of nitrogens with one attached hydrogen (secondary N) is 1. The van der Waals surface area contributed by atoms with E-state index in [9.17, 15) is 0 Å². The molecule has 0 aliphatic carbocycles. The van der Waals surface area contributed by atoms with Crippen LogP contribution >= 0.6 is 23.3 Å². The second kappa shape index (κ2) is 6.54. The van der Waals surface area contributed by atoms with Crippen LogP contribution in [0.15, 0.2) is 65.8 Å². The molecule has 0 radical (unpaired) electrons. The van der Waals surface area contributed by atoms with Gasteiger partial charge >= 0.3 is 0 Å². The molecule has 0 spiro atoms. The van der Waals surface area contributed by atoms with Crippen molar-refractivity contribution in [2.24, 2.45) is 0 Å². The van der Waals surface area contributed by atoms with Crippen molar-refractivity contribution < 1.29 is 0 Å². The molecule has 3 rings (SSSR count). The first kappa shape index (κ1) is 13.1. The van der Waals surface area contributed by atoms with Gasteiger partial charge in [-0.25, -0.2) is 0 Å². The molecular formula is C15H13N3S2. The Morgan fingerprint density at radius 3 is 2.40 bits per heavy atom. The first-order valence-corrected chi connectivity index (χ1v) is 7.98. The Bertz CT molecular complexity index is 653. The van der Waals surface area contributed by atoms with E-state index in [1.807, 2.05) is 48.5 Å². The highest BCUT2D eigenvalue weighted by atomic mass is 32.2. The fourth-order valence-corrected chi connectivity index (χ4v) is 3.21. The van der Waals surface area contributed by atoms with Crippen LogP contribution in [0.1, 0.15) is 5.56 Å². The molecule has 1 aromatic heterocycles. The fraction of sp³-hybridized carbons (Fsp3) is 0.0667. The molecule has 5 heteroatoms. The maximum atomic E-state index is 4.48. The highest BCUT2D eigenvalue weighted by Crippen LogP contribution is 2.25. The summed E-state index contributed by atoms with van der Waals surface area (Å²) < 4.78 is 4.36. The number of hydrogen-bond acceptors (Lipinski definition) is 5. The molecule has 100 valence electrons. The lowest BCUT2D eigenvalue weighted by molar-refractivity contribution is 1.08. The van der Waals surface area contributed by atoms with Crippen LogP contribution in [0.2, 0.25) is 0 Å². The Morgan fingerprint density at radius 2 is 1.65 bits per heavy atom. The maximum absolute atomic E-state index is 4.48. The minimum absolute atomic E-state index is 0.817. The van der Waals surface area contributed by atoms with Crippen molar-refractivity contribution in [2.75, 3.05) is 5.32 Å². The Hall–Kier alpha value is -1.85. The van der Waals surface area contributed by atoms with Crippen LogP contribution in [0, 0.1) is 0 Å². The average Bonchev–Trinajstić information content (AvgIpc) is 2.95. The summed E-state index contributed by atoms with van der Waals surface area (Å²) in [7, 11) is 0. The van der Waals surface area contributed by atoms with E-state index in [0.29, 0.717) is 0 Å². The van der Waals surface area contributed by atoms with Crippen molar-refractivity contribution >= 4 is 34.1 Å². The third-order valence-electron chi connectivity index (χ3n) is 2.64. The molecule has 0 saturated carbocycles. The van der Waals surface area contributed by atoms with E-state index in [2.05, 4.69) is 26.8 Å². The monoisotopic (exact) mass is 299 g/mol. The van der Waals surface area contributed by atoms with Crippen molar-refractivity contribution in [3.63, 3.8) is 0 Å². The standard InChI is InChI=1S/C15H13N3S2/c1-3-7-12(8-4-1)11-19-15-17-14(20-18-15)16-13-9-5-2-6-10-13/h1-10H,11H2,(H,16,17,18). The van der Waals surface area contributed by atoms with E-state index in [1.165, 1.54) is 17.1 Å². The number of rotatable bonds is 5. The number of aromatic nitrogens is 2. The minimum Gasteiger partial charge on any atom is -0.330 e. The maximum Gasteiger partial charge on any atom is 0.207 e. The van der Waals surface area contributed by atoms with Gasteiger partial charge in [0.2, 0.25) is 10.3 Å². The van der Waals surface area contributed by atoms with E-state index in [4.69, 9.17) is 0 Å². The third-order valence-corrected chi connectivity index (χ3v) is 4.31. The second-order valence-electron chi connectivity index (χ2n) is 4.15. The number of hydrogen-bond donors (Lipinski definition) is 1. The van der Waals surface area contributed by atoms with Gasteiger partial charge in [-0.1, -0.05) is 60.3 Å². The zero-order chi connectivity index (χ0) is 13.6. The van der Waals surface area contributed by atoms with E-state index in [-0.39, 0.29) is 0 Å². The summed E-state index contributed by atoms with van der Waals surface area (Å²) in [6.07, 6.45) is 0. The van der Waals surface area contributed by atoms with Gasteiger partial charge < -0.3 is 5.32 Å². The summed E-state index contributed by atoms with van der Waals surface area (Å²) in [5, 5.41) is 4.90. The number of benzene rings is 2. The quantitative estimate of drug-likeness (QED) is 0.700. The van der Waals surface area contributed by atoms with Crippen LogP contribution < -0.4 is 5.32 Å². The predicted octanol–water partition coefficient (Wildman–Crippen LogP) is 4.57. The van der Waals surface area contributed by atoms with Crippen molar-refractivity contribution in [1.29, 1.82) is 0 Å². The summed E-state index contributed by atoms with van der Waals surface area (Å²) in [4.78, 5) is 4.48. The summed E-state index contributed by atoms with van der Waals surface area (Å²) in [5.41, 5.74) is 2.31. The van der Waals surface area contributed by atoms with Gasteiger partial charge in [-0.2, -0.15) is 9.36 Å². The van der Waals surface area contributed by atoms with Crippen molar-refractivity contribution in [3.05, 3.63) is 66.2 Å². The molecule has 3 aromatic rings. The van der Waals surface area contributed by atoms with Gasteiger partial charge in [0.1, 0.15) is 0 Å². The zero-order valence-electron chi connectivity index (χ0n) is 10.7. The topological polar surface area (TPSA) is 37.8 Å². The normalized spacial score (nSPS) is 10.4. The van der Waals surface area contributed by atoms with Gasteiger partial charge in [-0.3, -0.25) is 0 Å². The molecule has 0 bridgehead atoms. The summed E-state index contributed by atoms with van der Waals surface area (Å²) in [6, 6.07) is 20.4. The fourth-order valence-electron chi connectivity index (χ4n) is 1.69. The van der Waals surface area contributed by atoms with E-state index in [0.717, 1.165) is 21.7 Å². The van der Waals surface area contributed by atoms with Gasteiger partial charge in [-0.15, -0.1) is 0 Å². The molecule has 1 N–H and O–H groups in total. The van der Waals surface area contributed by atoms with Gasteiger partial charge in [0, 0.05) is 23.0 Å². The lowest BCUT2D eigenvalue weighted by Crippen LogP contribution is -1.88. The number of anilines is 2. The first-order chi connectivity index (χ1) is 9.90. The number of nitrogens with zero attached hydrogens (tertiary/aromatic N) is 2. The first-order valence-electron chi connectivity index (χ1n) is 6.23.